The molecule has 6 heteroatoms. The second-order valence-corrected chi connectivity index (χ2v) is 10.9. The molecule has 2 saturated carbocycles. The van der Waals surface area contributed by atoms with E-state index in [9.17, 15) is 0 Å². The highest BCUT2D eigenvalue weighted by Crippen LogP contribution is 2.34. The van der Waals surface area contributed by atoms with Crippen molar-refractivity contribution >= 4 is 23.7 Å². The molecule has 35 heavy (non-hydrogen) atoms. The molecule has 4 rings (SSSR count). The van der Waals surface area contributed by atoms with E-state index >= 15 is 0 Å². The third-order valence-electron chi connectivity index (χ3n) is 7.68. The topological polar surface area (TPSA) is 65.4 Å². The molecule has 1 unspecified atom stereocenters. The molecule has 0 bridgehead atoms. The predicted octanol–water partition coefficient (Wildman–Crippen LogP) is 5.85. The van der Waals surface area contributed by atoms with E-state index in [2.05, 4.69) is 59.6 Å². The Morgan fingerprint density at radius 1 is 1.06 bits per heavy atom. The van der Waals surface area contributed by atoms with Crippen molar-refractivity contribution in [3.05, 3.63) is 17.8 Å². The maximum Gasteiger partial charge on any atom is 0.224 e. The zero-order chi connectivity index (χ0) is 24.5. The number of hydrogen-bond acceptors (Lipinski definition) is 6. The van der Waals surface area contributed by atoms with Crippen molar-refractivity contribution < 1.29 is 0 Å². The van der Waals surface area contributed by atoms with Crippen LogP contribution in [0.15, 0.2) is 17.3 Å². The lowest BCUT2D eigenvalue weighted by atomic mass is 9.76. The van der Waals surface area contributed by atoms with Crippen molar-refractivity contribution in [2.75, 3.05) is 37.8 Å². The van der Waals surface area contributed by atoms with E-state index in [0.29, 0.717) is 17.9 Å². The normalized spacial score (nSPS) is 24.9. The summed E-state index contributed by atoms with van der Waals surface area (Å²) in [7, 11) is 4.36. The summed E-state index contributed by atoms with van der Waals surface area (Å²) in [5.41, 5.74) is 1.83. The average Bonchev–Trinajstić information content (AvgIpc) is 3.12. The third-order valence-corrected chi connectivity index (χ3v) is 7.68. The van der Waals surface area contributed by atoms with E-state index in [1.54, 1.807) is 0 Å². The SMILES string of the molecule is CCCCNc1ncc(C2=CC#CC(C3CCC(CN(C)C)CC3)C=N2)c(NC2CCCCC2)n1. The van der Waals surface area contributed by atoms with Gasteiger partial charge in [0.25, 0.3) is 0 Å². The molecule has 2 aliphatic carbocycles. The molecule has 2 fully saturated rings. The summed E-state index contributed by atoms with van der Waals surface area (Å²) in [5.74, 6) is 10.1. The van der Waals surface area contributed by atoms with E-state index in [4.69, 9.17) is 9.98 Å². The van der Waals surface area contributed by atoms with Crippen LogP contribution in [0.3, 0.4) is 0 Å². The molecule has 1 atom stereocenters. The van der Waals surface area contributed by atoms with Gasteiger partial charge in [0.05, 0.1) is 17.2 Å². The predicted molar refractivity (Wildman–Crippen MR) is 148 cm³/mol. The van der Waals surface area contributed by atoms with Crippen LogP contribution in [0.1, 0.15) is 83.1 Å². The Morgan fingerprint density at radius 2 is 1.86 bits per heavy atom. The van der Waals surface area contributed by atoms with E-state index in [1.807, 2.05) is 12.3 Å². The minimum atomic E-state index is 0.231. The number of nitrogens with one attached hydrogen (secondary N) is 2. The van der Waals surface area contributed by atoms with E-state index < -0.39 is 0 Å². The number of nitrogens with zero attached hydrogens (tertiary/aromatic N) is 4. The van der Waals surface area contributed by atoms with Gasteiger partial charge in [-0.15, -0.1) is 0 Å². The van der Waals surface area contributed by atoms with Gasteiger partial charge in [-0.05, 0) is 70.9 Å². The smallest absolute Gasteiger partial charge is 0.224 e. The van der Waals surface area contributed by atoms with Gasteiger partial charge in [-0.2, -0.15) is 4.98 Å². The fourth-order valence-electron chi connectivity index (χ4n) is 5.66. The van der Waals surface area contributed by atoms with Gasteiger partial charge in [0.15, 0.2) is 0 Å². The largest absolute Gasteiger partial charge is 0.367 e. The molecule has 0 radical (unpaired) electrons. The van der Waals surface area contributed by atoms with Crippen molar-refractivity contribution in [3.8, 4) is 11.8 Å². The Labute approximate surface area is 212 Å². The summed E-state index contributed by atoms with van der Waals surface area (Å²) >= 11 is 0. The Morgan fingerprint density at radius 3 is 2.60 bits per heavy atom. The van der Waals surface area contributed by atoms with Crippen molar-refractivity contribution in [3.63, 3.8) is 0 Å². The molecule has 1 aliphatic heterocycles. The average molecular weight is 477 g/mol. The first-order valence-corrected chi connectivity index (χ1v) is 13.9. The van der Waals surface area contributed by atoms with Gasteiger partial charge in [-0.3, -0.25) is 4.99 Å². The summed E-state index contributed by atoms with van der Waals surface area (Å²) in [4.78, 5) is 16.8. The van der Waals surface area contributed by atoms with Crippen molar-refractivity contribution in [2.45, 2.75) is 83.6 Å². The lowest BCUT2D eigenvalue weighted by molar-refractivity contribution is 0.215. The summed E-state index contributed by atoms with van der Waals surface area (Å²) < 4.78 is 0. The van der Waals surface area contributed by atoms with Gasteiger partial charge in [-0.25, -0.2) is 4.98 Å². The van der Waals surface area contributed by atoms with Gasteiger partial charge in [0.1, 0.15) is 5.82 Å². The van der Waals surface area contributed by atoms with Crippen molar-refractivity contribution in [2.24, 2.45) is 22.7 Å². The lowest BCUT2D eigenvalue weighted by Crippen LogP contribution is -2.28. The standard InChI is InChI=1S/C29H44N6/c1-4-5-18-30-29-32-20-26(28(34-29)33-25-11-7-6-8-12-25)27-13-9-10-24(19-31-27)23-16-14-22(15-17-23)21-35(2)3/h13,19-20,22-25H,4-8,11-12,14-18,21H2,1-3H3,(H2,30,32,33,34). The number of hydrogen-bond donors (Lipinski definition) is 2. The molecule has 0 spiro atoms. The first-order valence-electron chi connectivity index (χ1n) is 13.9. The van der Waals surface area contributed by atoms with Gasteiger partial charge in [0.2, 0.25) is 5.95 Å². The first kappa shape index (κ1) is 25.7. The Kier molecular flexibility index (Phi) is 9.59. The number of allylic oxidation sites excluding steroid dienone is 1. The maximum absolute atomic E-state index is 4.94. The van der Waals surface area contributed by atoms with Gasteiger partial charge >= 0.3 is 0 Å². The molecule has 3 aliphatic rings. The number of aromatic nitrogens is 2. The highest BCUT2D eigenvalue weighted by atomic mass is 15.1. The minimum Gasteiger partial charge on any atom is -0.367 e. The Hall–Kier alpha value is -2.39. The minimum absolute atomic E-state index is 0.231. The number of aliphatic imine (C=N–C) groups is 1. The Bertz CT molecular complexity index is 926. The van der Waals surface area contributed by atoms with Crippen LogP contribution in [0.5, 0.6) is 0 Å². The second-order valence-electron chi connectivity index (χ2n) is 10.9. The summed E-state index contributed by atoms with van der Waals surface area (Å²) in [6.45, 7) is 4.29. The summed E-state index contributed by atoms with van der Waals surface area (Å²) in [5, 5.41) is 7.11. The van der Waals surface area contributed by atoms with Crippen LogP contribution < -0.4 is 10.6 Å². The van der Waals surface area contributed by atoms with E-state index in [0.717, 1.165) is 42.4 Å². The van der Waals surface area contributed by atoms with Crippen LogP contribution in [0.2, 0.25) is 0 Å². The summed E-state index contributed by atoms with van der Waals surface area (Å²) in [6, 6.07) is 0.465. The van der Waals surface area contributed by atoms with Gasteiger partial charge in [-0.1, -0.05) is 44.4 Å². The Balaban J connectivity index is 1.46. The molecule has 1 aromatic rings. The number of anilines is 2. The molecular formula is C29H44N6. The van der Waals surface area contributed by atoms with Crippen LogP contribution in [0, 0.1) is 29.6 Å². The van der Waals surface area contributed by atoms with Crippen LogP contribution in [-0.4, -0.2) is 54.3 Å². The molecular weight excluding hydrogens is 432 g/mol. The molecule has 1 aromatic heterocycles. The fraction of sp³-hybridized carbons (Fsp3) is 0.690. The van der Waals surface area contributed by atoms with E-state index in [1.165, 1.54) is 64.3 Å². The lowest BCUT2D eigenvalue weighted by Gasteiger charge is -2.31. The number of unbranched alkanes of at least 4 members (excludes halogenated alkanes) is 1. The fourth-order valence-corrected chi connectivity index (χ4v) is 5.66. The zero-order valence-electron chi connectivity index (χ0n) is 22.0. The van der Waals surface area contributed by atoms with Crippen LogP contribution in [-0.2, 0) is 0 Å². The van der Waals surface area contributed by atoms with Crippen molar-refractivity contribution in [1.82, 2.24) is 14.9 Å². The summed E-state index contributed by atoms with van der Waals surface area (Å²) in [6.07, 6.45) is 19.6. The molecule has 6 nitrogen and oxygen atoms in total. The third kappa shape index (κ3) is 7.54. The highest BCUT2D eigenvalue weighted by Gasteiger charge is 2.27. The molecule has 0 saturated heterocycles. The molecule has 2 N–H and O–H groups in total. The monoisotopic (exact) mass is 476 g/mol. The zero-order valence-corrected chi connectivity index (χ0v) is 22.0. The molecule has 2 heterocycles. The van der Waals surface area contributed by atoms with Crippen LogP contribution >= 0.6 is 0 Å². The quantitative estimate of drug-likeness (QED) is 0.328. The van der Waals surface area contributed by atoms with Gasteiger partial charge in [0, 0.05) is 37.6 Å². The highest BCUT2D eigenvalue weighted by molar-refractivity contribution is 5.83. The second kappa shape index (κ2) is 13.1. The molecule has 0 amide bonds. The van der Waals surface area contributed by atoms with Crippen LogP contribution in [0.4, 0.5) is 11.8 Å². The van der Waals surface area contributed by atoms with E-state index in [-0.39, 0.29) is 5.92 Å². The van der Waals surface area contributed by atoms with Gasteiger partial charge < -0.3 is 15.5 Å². The number of rotatable bonds is 10. The molecule has 190 valence electrons. The first-order chi connectivity index (χ1) is 17.1. The maximum atomic E-state index is 4.94. The van der Waals surface area contributed by atoms with Crippen molar-refractivity contribution in [1.29, 1.82) is 0 Å². The molecule has 0 aromatic carbocycles. The van der Waals surface area contributed by atoms with Crippen LogP contribution in [0.25, 0.3) is 5.70 Å².